The predicted octanol–water partition coefficient (Wildman–Crippen LogP) is 5.23. The van der Waals surface area contributed by atoms with Crippen molar-refractivity contribution in [1.82, 2.24) is 0 Å². The summed E-state index contributed by atoms with van der Waals surface area (Å²) in [6.07, 6.45) is 2.06. The zero-order chi connectivity index (χ0) is 12.5. The van der Waals surface area contributed by atoms with E-state index in [1.165, 1.54) is 4.90 Å². The molecule has 0 amide bonds. The van der Waals surface area contributed by atoms with Gasteiger partial charge in [0.15, 0.2) is 0 Å². The smallest absolute Gasteiger partial charge is 0.127 e. The molecular formula is C15H18OS. The fourth-order valence-corrected chi connectivity index (χ4v) is 1.68. The predicted molar refractivity (Wildman–Crippen MR) is 76.1 cm³/mol. The Morgan fingerprint density at radius 2 is 1.29 bits per heavy atom. The van der Waals surface area contributed by atoms with E-state index in [9.17, 15) is 0 Å². The van der Waals surface area contributed by atoms with Crippen molar-refractivity contribution in [2.75, 3.05) is 6.26 Å². The van der Waals surface area contributed by atoms with Crippen LogP contribution < -0.4 is 4.74 Å². The van der Waals surface area contributed by atoms with Crippen molar-refractivity contribution in [2.45, 2.75) is 18.7 Å². The number of benzene rings is 2. The second kappa shape index (κ2) is 7.80. The van der Waals surface area contributed by atoms with Gasteiger partial charge in [0.1, 0.15) is 11.5 Å². The third kappa shape index (κ3) is 4.53. The van der Waals surface area contributed by atoms with Crippen molar-refractivity contribution in [1.29, 1.82) is 0 Å². The molecule has 0 fully saturated rings. The summed E-state index contributed by atoms with van der Waals surface area (Å²) in [5.74, 6) is 1.74. The monoisotopic (exact) mass is 246 g/mol. The van der Waals surface area contributed by atoms with Crippen LogP contribution in [-0.4, -0.2) is 6.26 Å². The normalized spacial score (nSPS) is 9.12. The van der Waals surface area contributed by atoms with Crippen molar-refractivity contribution < 1.29 is 4.74 Å². The zero-order valence-electron chi connectivity index (χ0n) is 10.5. The molecule has 0 aliphatic carbocycles. The molecule has 0 aliphatic rings. The number of hydrogen-bond donors (Lipinski definition) is 0. The first kappa shape index (κ1) is 13.7. The highest BCUT2D eigenvalue weighted by Gasteiger charge is 1.95. The van der Waals surface area contributed by atoms with Crippen LogP contribution in [0.4, 0.5) is 0 Å². The number of para-hydroxylation sites is 1. The SMILES string of the molecule is CC.CSc1ccc(Oc2ccccc2)cc1. The molecule has 0 spiro atoms. The van der Waals surface area contributed by atoms with Crippen LogP contribution >= 0.6 is 11.8 Å². The molecule has 0 saturated heterocycles. The quantitative estimate of drug-likeness (QED) is 0.686. The van der Waals surface area contributed by atoms with Gasteiger partial charge in [-0.15, -0.1) is 11.8 Å². The number of rotatable bonds is 3. The zero-order valence-corrected chi connectivity index (χ0v) is 11.3. The summed E-state index contributed by atoms with van der Waals surface area (Å²) >= 11 is 1.73. The van der Waals surface area contributed by atoms with Crippen LogP contribution in [-0.2, 0) is 0 Å². The average Bonchev–Trinajstić information content (AvgIpc) is 2.43. The Bertz CT molecular complexity index is 409. The van der Waals surface area contributed by atoms with Crippen molar-refractivity contribution in [3.05, 3.63) is 54.6 Å². The van der Waals surface area contributed by atoms with Gasteiger partial charge in [0.2, 0.25) is 0 Å². The maximum Gasteiger partial charge on any atom is 0.127 e. The van der Waals surface area contributed by atoms with E-state index in [0.29, 0.717) is 0 Å². The molecule has 0 N–H and O–H groups in total. The summed E-state index contributed by atoms with van der Waals surface area (Å²) in [4.78, 5) is 1.25. The number of ether oxygens (including phenoxy) is 1. The van der Waals surface area contributed by atoms with E-state index in [4.69, 9.17) is 4.74 Å². The summed E-state index contributed by atoms with van der Waals surface area (Å²) in [5.41, 5.74) is 0. The first-order valence-corrected chi connectivity index (χ1v) is 6.98. The van der Waals surface area contributed by atoms with E-state index in [-0.39, 0.29) is 0 Å². The number of hydrogen-bond acceptors (Lipinski definition) is 2. The van der Waals surface area contributed by atoms with Crippen molar-refractivity contribution in [3.8, 4) is 11.5 Å². The fraction of sp³-hybridized carbons (Fsp3) is 0.200. The molecular weight excluding hydrogens is 228 g/mol. The highest BCUT2D eigenvalue weighted by molar-refractivity contribution is 7.98. The van der Waals surface area contributed by atoms with E-state index in [2.05, 4.69) is 18.4 Å². The standard InChI is InChI=1S/C13H12OS.C2H6/c1-15-13-9-7-12(8-10-13)14-11-5-3-2-4-6-11;1-2/h2-10H,1H3;1-2H3. The Balaban J connectivity index is 0.000000686. The Morgan fingerprint density at radius 1 is 0.765 bits per heavy atom. The van der Waals surface area contributed by atoms with Crippen molar-refractivity contribution >= 4 is 11.8 Å². The molecule has 0 radical (unpaired) electrons. The lowest BCUT2D eigenvalue weighted by atomic mass is 10.3. The lowest BCUT2D eigenvalue weighted by molar-refractivity contribution is 0.482. The summed E-state index contributed by atoms with van der Waals surface area (Å²) in [6.45, 7) is 4.00. The van der Waals surface area contributed by atoms with Crippen LogP contribution in [0.15, 0.2) is 59.5 Å². The van der Waals surface area contributed by atoms with Gasteiger partial charge in [-0.3, -0.25) is 0 Å². The fourth-order valence-electron chi connectivity index (χ4n) is 1.27. The van der Waals surface area contributed by atoms with E-state index >= 15 is 0 Å². The van der Waals surface area contributed by atoms with Gasteiger partial charge in [0, 0.05) is 4.90 Å². The molecule has 2 aromatic carbocycles. The minimum absolute atomic E-state index is 0.870. The molecule has 2 heteroatoms. The summed E-state index contributed by atoms with van der Waals surface area (Å²) in [6, 6.07) is 17.9. The van der Waals surface area contributed by atoms with Gasteiger partial charge in [-0.25, -0.2) is 0 Å². The van der Waals surface area contributed by atoms with E-state index in [1.807, 2.05) is 56.3 Å². The maximum absolute atomic E-state index is 5.67. The van der Waals surface area contributed by atoms with Crippen LogP contribution in [0.25, 0.3) is 0 Å². The number of thioether (sulfide) groups is 1. The second-order valence-corrected chi connectivity index (χ2v) is 3.97. The Morgan fingerprint density at radius 3 is 1.82 bits per heavy atom. The second-order valence-electron chi connectivity index (χ2n) is 3.09. The Hall–Kier alpha value is -1.41. The Kier molecular flexibility index (Phi) is 6.26. The largest absolute Gasteiger partial charge is 0.457 e. The third-order valence-electron chi connectivity index (χ3n) is 2.04. The molecule has 1 nitrogen and oxygen atoms in total. The Labute approximate surface area is 108 Å². The lowest BCUT2D eigenvalue weighted by Crippen LogP contribution is -1.82. The highest BCUT2D eigenvalue weighted by Crippen LogP contribution is 2.23. The topological polar surface area (TPSA) is 9.23 Å². The third-order valence-corrected chi connectivity index (χ3v) is 2.78. The first-order chi connectivity index (χ1) is 8.38. The molecule has 0 atom stereocenters. The van der Waals surface area contributed by atoms with Gasteiger partial charge in [0.05, 0.1) is 0 Å². The molecule has 2 rings (SSSR count). The van der Waals surface area contributed by atoms with Crippen molar-refractivity contribution in [3.63, 3.8) is 0 Å². The maximum atomic E-state index is 5.67. The van der Waals surface area contributed by atoms with E-state index < -0.39 is 0 Å². The van der Waals surface area contributed by atoms with Crippen LogP contribution in [0.2, 0.25) is 0 Å². The lowest BCUT2D eigenvalue weighted by Gasteiger charge is -2.05. The summed E-state index contributed by atoms with van der Waals surface area (Å²) in [7, 11) is 0. The average molecular weight is 246 g/mol. The highest BCUT2D eigenvalue weighted by atomic mass is 32.2. The van der Waals surface area contributed by atoms with Gasteiger partial charge >= 0.3 is 0 Å². The summed E-state index contributed by atoms with van der Waals surface area (Å²) < 4.78 is 5.67. The molecule has 17 heavy (non-hydrogen) atoms. The summed E-state index contributed by atoms with van der Waals surface area (Å²) in [5, 5.41) is 0. The van der Waals surface area contributed by atoms with E-state index in [0.717, 1.165) is 11.5 Å². The minimum Gasteiger partial charge on any atom is -0.457 e. The van der Waals surface area contributed by atoms with Gasteiger partial charge in [-0.2, -0.15) is 0 Å². The molecule has 90 valence electrons. The molecule has 0 aliphatic heterocycles. The molecule has 0 bridgehead atoms. The van der Waals surface area contributed by atoms with Crippen LogP contribution in [0.3, 0.4) is 0 Å². The van der Waals surface area contributed by atoms with Gasteiger partial charge in [-0.1, -0.05) is 32.0 Å². The van der Waals surface area contributed by atoms with Crippen LogP contribution in [0.5, 0.6) is 11.5 Å². The molecule has 0 saturated carbocycles. The van der Waals surface area contributed by atoms with E-state index in [1.54, 1.807) is 11.8 Å². The molecule has 0 aromatic heterocycles. The van der Waals surface area contributed by atoms with Crippen LogP contribution in [0, 0.1) is 0 Å². The van der Waals surface area contributed by atoms with Crippen molar-refractivity contribution in [2.24, 2.45) is 0 Å². The molecule has 0 heterocycles. The minimum atomic E-state index is 0.870. The van der Waals surface area contributed by atoms with Gasteiger partial charge in [0.25, 0.3) is 0 Å². The molecule has 2 aromatic rings. The van der Waals surface area contributed by atoms with Gasteiger partial charge in [-0.05, 0) is 42.7 Å². The van der Waals surface area contributed by atoms with Gasteiger partial charge < -0.3 is 4.74 Å². The van der Waals surface area contributed by atoms with Crippen LogP contribution in [0.1, 0.15) is 13.8 Å². The first-order valence-electron chi connectivity index (χ1n) is 5.75. The molecule has 0 unspecified atom stereocenters.